The summed E-state index contributed by atoms with van der Waals surface area (Å²) in [5.41, 5.74) is 0.575. The minimum absolute atomic E-state index is 0.515. The predicted molar refractivity (Wildman–Crippen MR) is 84.8 cm³/mol. The van der Waals surface area contributed by atoms with Crippen molar-refractivity contribution in [3.05, 3.63) is 42.5 Å². The summed E-state index contributed by atoms with van der Waals surface area (Å²) in [5.74, 6) is 0. The zero-order valence-electron chi connectivity index (χ0n) is 11.7. The number of aliphatic hydroxyl groups is 1. The maximum atomic E-state index is 12.5. The number of nitrogens with one attached hydrogen (secondary N) is 1. The molecular weight excluding hydrogens is 286 g/mol. The van der Waals surface area contributed by atoms with Crippen LogP contribution in [0.4, 0.5) is 5.69 Å². The van der Waals surface area contributed by atoms with Gasteiger partial charge < -0.3 is 5.11 Å². The van der Waals surface area contributed by atoms with Crippen LogP contribution < -0.4 is 4.72 Å². The third-order valence-electron chi connectivity index (χ3n) is 4.11. The molecule has 0 aromatic heterocycles. The van der Waals surface area contributed by atoms with E-state index >= 15 is 0 Å². The molecule has 0 aliphatic heterocycles. The van der Waals surface area contributed by atoms with Crippen LogP contribution in [0.25, 0.3) is 10.8 Å². The van der Waals surface area contributed by atoms with E-state index in [0.717, 1.165) is 23.6 Å². The van der Waals surface area contributed by atoms with Gasteiger partial charge in [-0.3, -0.25) is 4.72 Å². The Labute approximate surface area is 124 Å². The first-order valence-corrected chi connectivity index (χ1v) is 8.80. The molecule has 1 saturated carbocycles. The highest BCUT2D eigenvalue weighted by Crippen LogP contribution is 2.29. The third kappa shape index (κ3) is 2.89. The van der Waals surface area contributed by atoms with Gasteiger partial charge in [-0.15, -0.1) is 0 Å². The summed E-state index contributed by atoms with van der Waals surface area (Å²) < 4.78 is 27.7. The summed E-state index contributed by atoms with van der Waals surface area (Å²) in [6.45, 7) is 0. The van der Waals surface area contributed by atoms with Gasteiger partial charge in [-0.2, -0.15) is 0 Å². The first-order chi connectivity index (χ1) is 10.1. The SMILES string of the molecule is O=S(=O)(Nc1cccc2ccccc12)C1CCCCC1O. The molecule has 1 fully saturated rings. The Bertz CT molecular complexity index is 737. The average Bonchev–Trinajstić information content (AvgIpc) is 2.47. The molecule has 3 rings (SSSR count). The van der Waals surface area contributed by atoms with Crippen LogP contribution in [0, 0.1) is 0 Å². The van der Waals surface area contributed by atoms with E-state index in [0.29, 0.717) is 18.5 Å². The van der Waals surface area contributed by atoms with E-state index in [2.05, 4.69) is 4.72 Å². The molecule has 5 heteroatoms. The van der Waals surface area contributed by atoms with Crippen LogP contribution in [0.3, 0.4) is 0 Å². The molecule has 21 heavy (non-hydrogen) atoms. The minimum atomic E-state index is -3.58. The molecule has 0 amide bonds. The predicted octanol–water partition coefficient (Wildman–Crippen LogP) is 2.89. The van der Waals surface area contributed by atoms with Crippen molar-refractivity contribution in [1.29, 1.82) is 0 Å². The molecule has 1 aliphatic carbocycles. The van der Waals surface area contributed by atoms with E-state index in [1.807, 2.05) is 36.4 Å². The fraction of sp³-hybridized carbons (Fsp3) is 0.375. The maximum Gasteiger partial charge on any atom is 0.238 e. The Hall–Kier alpha value is -1.59. The second-order valence-electron chi connectivity index (χ2n) is 5.56. The van der Waals surface area contributed by atoms with Crippen LogP contribution >= 0.6 is 0 Å². The highest BCUT2D eigenvalue weighted by molar-refractivity contribution is 7.93. The molecule has 2 atom stereocenters. The van der Waals surface area contributed by atoms with Gasteiger partial charge in [0, 0.05) is 5.39 Å². The fourth-order valence-electron chi connectivity index (χ4n) is 2.98. The maximum absolute atomic E-state index is 12.5. The Balaban J connectivity index is 1.94. The van der Waals surface area contributed by atoms with Gasteiger partial charge in [-0.25, -0.2) is 8.42 Å². The highest BCUT2D eigenvalue weighted by Gasteiger charge is 2.34. The zero-order chi connectivity index (χ0) is 14.9. The minimum Gasteiger partial charge on any atom is -0.392 e. The fourth-order valence-corrected chi connectivity index (χ4v) is 4.65. The van der Waals surface area contributed by atoms with Crippen molar-refractivity contribution in [2.24, 2.45) is 0 Å². The molecule has 112 valence electrons. The number of aliphatic hydroxyl groups excluding tert-OH is 1. The highest BCUT2D eigenvalue weighted by atomic mass is 32.2. The lowest BCUT2D eigenvalue weighted by molar-refractivity contribution is 0.133. The van der Waals surface area contributed by atoms with Crippen molar-refractivity contribution in [3.8, 4) is 0 Å². The lowest BCUT2D eigenvalue weighted by atomic mass is 9.97. The van der Waals surface area contributed by atoms with Crippen molar-refractivity contribution >= 4 is 26.5 Å². The van der Waals surface area contributed by atoms with Crippen LogP contribution in [0.15, 0.2) is 42.5 Å². The molecule has 2 N–H and O–H groups in total. The molecule has 1 aliphatic rings. The average molecular weight is 305 g/mol. The molecule has 0 saturated heterocycles. The van der Waals surface area contributed by atoms with Gasteiger partial charge >= 0.3 is 0 Å². The van der Waals surface area contributed by atoms with Crippen molar-refractivity contribution in [2.45, 2.75) is 37.0 Å². The van der Waals surface area contributed by atoms with Crippen molar-refractivity contribution in [1.82, 2.24) is 0 Å². The Kier molecular flexibility index (Phi) is 3.87. The summed E-state index contributed by atoms with van der Waals surface area (Å²) in [5, 5.41) is 11.1. The molecular formula is C16H19NO3S. The summed E-state index contributed by atoms with van der Waals surface area (Å²) in [4.78, 5) is 0. The van der Waals surface area contributed by atoms with Crippen molar-refractivity contribution < 1.29 is 13.5 Å². The summed E-state index contributed by atoms with van der Waals surface area (Å²) in [6, 6.07) is 13.2. The molecule has 0 bridgehead atoms. The van der Waals surface area contributed by atoms with Gasteiger partial charge in [0.25, 0.3) is 0 Å². The van der Waals surface area contributed by atoms with Crippen LogP contribution in [-0.2, 0) is 10.0 Å². The molecule has 2 aromatic rings. The van der Waals surface area contributed by atoms with Crippen LogP contribution in [-0.4, -0.2) is 24.9 Å². The number of fused-ring (bicyclic) bond motifs is 1. The van der Waals surface area contributed by atoms with Crippen LogP contribution in [0.2, 0.25) is 0 Å². The Morgan fingerprint density at radius 1 is 1.00 bits per heavy atom. The van der Waals surface area contributed by atoms with Gasteiger partial charge in [0.2, 0.25) is 10.0 Å². The van der Waals surface area contributed by atoms with Gasteiger partial charge in [-0.05, 0) is 24.3 Å². The number of hydrogen-bond acceptors (Lipinski definition) is 3. The Morgan fingerprint density at radius 3 is 2.52 bits per heavy atom. The monoisotopic (exact) mass is 305 g/mol. The molecule has 2 unspecified atom stereocenters. The van der Waals surface area contributed by atoms with E-state index in [-0.39, 0.29) is 0 Å². The number of anilines is 1. The topological polar surface area (TPSA) is 66.4 Å². The van der Waals surface area contributed by atoms with E-state index < -0.39 is 21.4 Å². The second kappa shape index (κ2) is 5.66. The van der Waals surface area contributed by atoms with E-state index in [1.54, 1.807) is 6.07 Å². The standard InChI is InChI=1S/C16H19NO3S/c18-15-10-3-4-11-16(15)21(19,20)17-14-9-5-7-12-6-1-2-8-13(12)14/h1-2,5-9,15-18H,3-4,10-11H2. The lowest BCUT2D eigenvalue weighted by Crippen LogP contribution is -2.40. The number of sulfonamides is 1. The van der Waals surface area contributed by atoms with E-state index in [1.165, 1.54) is 0 Å². The lowest BCUT2D eigenvalue weighted by Gasteiger charge is -2.27. The molecule has 0 radical (unpaired) electrons. The number of benzene rings is 2. The smallest absolute Gasteiger partial charge is 0.238 e. The van der Waals surface area contributed by atoms with Gasteiger partial charge in [0.15, 0.2) is 0 Å². The quantitative estimate of drug-likeness (QED) is 0.916. The third-order valence-corrected chi connectivity index (χ3v) is 5.96. The first-order valence-electron chi connectivity index (χ1n) is 7.25. The zero-order valence-corrected chi connectivity index (χ0v) is 12.5. The van der Waals surface area contributed by atoms with Gasteiger partial charge in [0.05, 0.1) is 11.8 Å². The number of rotatable bonds is 3. The second-order valence-corrected chi connectivity index (χ2v) is 7.46. The van der Waals surface area contributed by atoms with Crippen molar-refractivity contribution in [2.75, 3.05) is 4.72 Å². The summed E-state index contributed by atoms with van der Waals surface area (Å²) in [6.07, 6.45) is 2.04. The van der Waals surface area contributed by atoms with Crippen molar-refractivity contribution in [3.63, 3.8) is 0 Å². The first kappa shape index (κ1) is 14.4. The summed E-state index contributed by atoms with van der Waals surface area (Å²) in [7, 11) is -3.58. The van der Waals surface area contributed by atoms with Crippen LogP contribution in [0.5, 0.6) is 0 Å². The van der Waals surface area contributed by atoms with E-state index in [9.17, 15) is 13.5 Å². The largest absolute Gasteiger partial charge is 0.392 e. The Morgan fingerprint density at radius 2 is 1.71 bits per heavy atom. The van der Waals surface area contributed by atoms with Gasteiger partial charge in [0.1, 0.15) is 5.25 Å². The number of hydrogen-bond donors (Lipinski definition) is 2. The summed E-state index contributed by atoms with van der Waals surface area (Å²) >= 11 is 0. The van der Waals surface area contributed by atoms with E-state index in [4.69, 9.17) is 0 Å². The van der Waals surface area contributed by atoms with Crippen LogP contribution in [0.1, 0.15) is 25.7 Å². The normalized spacial score (nSPS) is 23.1. The molecule has 2 aromatic carbocycles. The molecule has 4 nitrogen and oxygen atoms in total. The van der Waals surface area contributed by atoms with Gasteiger partial charge in [-0.1, -0.05) is 49.2 Å². The molecule has 0 heterocycles. The molecule has 0 spiro atoms.